The lowest BCUT2D eigenvalue weighted by molar-refractivity contribution is 0.0615. The average molecular weight is 593 g/mol. The first kappa shape index (κ1) is 31.0. The zero-order valence-corrected chi connectivity index (χ0v) is 25.9. The molecule has 0 radical (unpaired) electrons. The molecule has 1 saturated heterocycles. The van der Waals surface area contributed by atoms with Crippen molar-refractivity contribution in [3.8, 4) is 11.4 Å². The first-order valence-electron chi connectivity index (χ1n) is 15.0. The number of piperazine rings is 1. The van der Waals surface area contributed by atoms with Crippen LogP contribution in [0.5, 0.6) is 0 Å². The number of carbonyl (C=O) groups is 2. The zero-order valence-electron chi connectivity index (χ0n) is 25.9. The van der Waals surface area contributed by atoms with Crippen molar-refractivity contribution < 1.29 is 14.7 Å². The van der Waals surface area contributed by atoms with Crippen LogP contribution in [0.1, 0.15) is 64.0 Å². The Bertz CT molecular complexity index is 1610. The van der Waals surface area contributed by atoms with Crippen molar-refractivity contribution in [1.82, 2.24) is 24.8 Å². The Kier molecular flexibility index (Phi) is 9.46. The third-order valence-electron chi connectivity index (χ3n) is 8.10. The molecule has 0 unspecified atom stereocenters. The predicted molar refractivity (Wildman–Crippen MR) is 172 cm³/mol. The Morgan fingerprint density at radius 2 is 1.57 bits per heavy atom. The summed E-state index contributed by atoms with van der Waals surface area (Å²) in [6, 6.07) is 21.0. The van der Waals surface area contributed by atoms with Gasteiger partial charge in [0.25, 0.3) is 11.8 Å². The molecular weight excluding hydrogens is 552 g/mol. The molecule has 0 spiro atoms. The quantitative estimate of drug-likeness (QED) is 0.304. The molecule has 1 aromatic heterocycles. The van der Waals surface area contributed by atoms with Crippen LogP contribution in [0.15, 0.2) is 73.1 Å². The lowest BCUT2D eigenvalue weighted by Gasteiger charge is -2.34. The first-order valence-corrected chi connectivity index (χ1v) is 15.0. The van der Waals surface area contributed by atoms with E-state index >= 15 is 0 Å². The van der Waals surface area contributed by atoms with Gasteiger partial charge in [-0.2, -0.15) is 0 Å². The maximum absolute atomic E-state index is 13.0. The molecule has 0 atom stereocenters. The van der Waals surface area contributed by atoms with E-state index in [1.54, 1.807) is 0 Å². The zero-order chi connectivity index (χ0) is 31.3. The fourth-order valence-corrected chi connectivity index (χ4v) is 5.32. The molecule has 1 aliphatic rings. The van der Waals surface area contributed by atoms with E-state index in [0.29, 0.717) is 54.5 Å². The molecule has 2 amide bonds. The van der Waals surface area contributed by atoms with Gasteiger partial charge in [0.15, 0.2) is 5.82 Å². The van der Waals surface area contributed by atoms with E-state index in [0.717, 1.165) is 29.8 Å². The van der Waals surface area contributed by atoms with Crippen LogP contribution in [-0.4, -0.2) is 81.0 Å². The average Bonchev–Trinajstić information content (AvgIpc) is 3.02. The number of benzene rings is 3. The number of β-amino-alcohol motifs (C(OH)–C–C–N with tert-alkyl or cyclic N) is 1. The molecule has 1 fully saturated rings. The molecule has 9 heteroatoms. The second-order valence-electron chi connectivity index (χ2n) is 12.2. The number of aliphatic hydroxyl groups is 1. The lowest BCUT2D eigenvalue weighted by Crippen LogP contribution is -2.49. The minimum atomic E-state index is -0.173. The highest BCUT2D eigenvalue weighted by Gasteiger charge is 2.22. The van der Waals surface area contributed by atoms with Gasteiger partial charge in [-0.15, -0.1) is 0 Å². The van der Waals surface area contributed by atoms with E-state index in [1.807, 2.05) is 78.6 Å². The normalized spacial score (nSPS) is 14.0. The van der Waals surface area contributed by atoms with Crippen LogP contribution >= 0.6 is 0 Å². The molecule has 3 aromatic carbocycles. The first-order chi connectivity index (χ1) is 21.1. The van der Waals surface area contributed by atoms with Crippen LogP contribution in [0.3, 0.4) is 0 Å². The lowest BCUT2D eigenvalue weighted by atomic mass is 9.86. The number of amides is 2. The van der Waals surface area contributed by atoms with Gasteiger partial charge < -0.3 is 15.3 Å². The van der Waals surface area contributed by atoms with Gasteiger partial charge in [-0.3, -0.25) is 14.5 Å². The molecule has 228 valence electrons. The summed E-state index contributed by atoms with van der Waals surface area (Å²) in [5.41, 5.74) is 5.81. The SMILES string of the molecule is Cc1c(NC(=O)c2ccc(C(C)(C)C)cc2)cccc1-c1ncnc(Cc2ccc(C(=O)N3CCN(CCO)CC3)cc2)n1. The smallest absolute Gasteiger partial charge is 0.255 e. The van der Waals surface area contributed by atoms with E-state index in [4.69, 9.17) is 10.1 Å². The Morgan fingerprint density at radius 1 is 0.886 bits per heavy atom. The summed E-state index contributed by atoms with van der Waals surface area (Å²) in [7, 11) is 0. The van der Waals surface area contributed by atoms with E-state index < -0.39 is 0 Å². The number of aromatic nitrogens is 3. The fraction of sp³-hybridized carbons (Fsp3) is 0.343. The van der Waals surface area contributed by atoms with Gasteiger partial charge in [-0.05, 0) is 59.4 Å². The fourth-order valence-electron chi connectivity index (χ4n) is 5.32. The van der Waals surface area contributed by atoms with Gasteiger partial charge >= 0.3 is 0 Å². The summed E-state index contributed by atoms with van der Waals surface area (Å²) in [4.78, 5) is 43.6. The minimum absolute atomic E-state index is 0.0176. The van der Waals surface area contributed by atoms with Crippen LogP contribution in [-0.2, 0) is 11.8 Å². The number of anilines is 1. The molecule has 4 aromatic rings. The van der Waals surface area contributed by atoms with Crippen molar-refractivity contribution in [2.45, 2.75) is 39.5 Å². The van der Waals surface area contributed by atoms with Crippen LogP contribution in [0, 0.1) is 6.92 Å². The maximum atomic E-state index is 13.0. The minimum Gasteiger partial charge on any atom is -0.395 e. The van der Waals surface area contributed by atoms with Crippen molar-refractivity contribution >= 4 is 17.5 Å². The van der Waals surface area contributed by atoms with Crippen molar-refractivity contribution in [3.63, 3.8) is 0 Å². The van der Waals surface area contributed by atoms with Crippen LogP contribution in [0.4, 0.5) is 5.69 Å². The topological polar surface area (TPSA) is 112 Å². The largest absolute Gasteiger partial charge is 0.395 e. The summed E-state index contributed by atoms with van der Waals surface area (Å²) >= 11 is 0. The number of hydrogen-bond donors (Lipinski definition) is 2. The second kappa shape index (κ2) is 13.4. The molecule has 0 aliphatic carbocycles. The van der Waals surface area contributed by atoms with Crippen LogP contribution in [0.2, 0.25) is 0 Å². The monoisotopic (exact) mass is 592 g/mol. The molecule has 0 saturated carbocycles. The highest BCUT2D eigenvalue weighted by atomic mass is 16.3. The Hall–Kier alpha value is -4.47. The van der Waals surface area contributed by atoms with Crippen molar-refractivity contribution in [2.75, 3.05) is 44.6 Å². The molecular formula is C35H40N6O3. The number of carbonyl (C=O) groups excluding carboxylic acids is 2. The van der Waals surface area contributed by atoms with Gasteiger partial charge in [0, 0.05) is 61.5 Å². The van der Waals surface area contributed by atoms with E-state index in [-0.39, 0.29) is 23.8 Å². The summed E-state index contributed by atoms with van der Waals surface area (Å²) < 4.78 is 0. The molecule has 44 heavy (non-hydrogen) atoms. The number of aliphatic hydroxyl groups excluding tert-OH is 1. The third-order valence-corrected chi connectivity index (χ3v) is 8.10. The van der Waals surface area contributed by atoms with E-state index in [1.165, 1.54) is 11.9 Å². The molecule has 2 N–H and O–H groups in total. The van der Waals surface area contributed by atoms with Crippen LogP contribution < -0.4 is 5.32 Å². The van der Waals surface area contributed by atoms with Crippen molar-refractivity contribution in [3.05, 3.63) is 107 Å². The number of rotatable bonds is 8. The Labute approximate surface area is 259 Å². The van der Waals surface area contributed by atoms with Crippen LogP contribution in [0.25, 0.3) is 11.4 Å². The summed E-state index contributed by atoms with van der Waals surface area (Å²) in [5, 5.41) is 12.2. The van der Waals surface area contributed by atoms with Crippen molar-refractivity contribution in [1.29, 1.82) is 0 Å². The summed E-state index contributed by atoms with van der Waals surface area (Å²) in [5.74, 6) is 0.993. The molecule has 1 aliphatic heterocycles. The highest BCUT2D eigenvalue weighted by molar-refractivity contribution is 6.05. The van der Waals surface area contributed by atoms with Gasteiger partial charge in [0.2, 0.25) is 0 Å². The molecule has 0 bridgehead atoms. The molecule has 9 nitrogen and oxygen atoms in total. The number of hydrogen-bond acceptors (Lipinski definition) is 7. The van der Waals surface area contributed by atoms with E-state index in [2.05, 4.69) is 41.0 Å². The number of nitrogens with zero attached hydrogens (tertiary/aromatic N) is 5. The van der Waals surface area contributed by atoms with Gasteiger partial charge in [-0.1, -0.05) is 57.2 Å². The summed E-state index contributed by atoms with van der Waals surface area (Å²) in [6.45, 7) is 12.0. The maximum Gasteiger partial charge on any atom is 0.255 e. The Balaban J connectivity index is 1.25. The third kappa shape index (κ3) is 7.35. The van der Waals surface area contributed by atoms with Gasteiger partial charge in [0.1, 0.15) is 12.2 Å². The van der Waals surface area contributed by atoms with Crippen molar-refractivity contribution in [2.24, 2.45) is 0 Å². The number of nitrogens with one attached hydrogen (secondary N) is 1. The summed E-state index contributed by atoms with van der Waals surface area (Å²) in [6.07, 6.45) is 2.00. The molecule has 2 heterocycles. The Morgan fingerprint density at radius 3 is 2.23 bits per heavy atom. The second-order valence-corrected chi connectivity index (χ2v) is 12.2. The standard InChI is InChI=1S/C35H40N6O3/c1-24-29(6-5-7-30(24)38-33(43)26-12-14-28(15-13-26)35(2,3)4)32-37-23-36-31(39-32)22-25-8-10-27(11-9-25)34(44)41-18-16-40(17-19-41)20-21-42/h5-15,23,42H,16-22H2,1-4H3,(H,38,43). The highest BCUT2D eigenvalue weighted by Crippen LogP contribution is 2.27. The van der Waals surface area contributed by atoms with E-state index in [9.17, 15) is 9.59 Å². The predicted octanol–water partition coefficient (Wildman–Crippen LogP) is 4.74. The van der Waals surface area contributed by atoms with Gasteiger partial charge in [0.05, 0.1) is 6.61 Å². The molecule has 5 rings (SSSR count). The van der Waals surface area contributed by atoms with Gasteiger partial charge in [-0.25, -0.2) is 15.0 Å².